The lowest BCUT2D eigenvalue weighted by Crippen LogP contribution is -2.00. The van der Waals surface area contributed by atoms with E-state index in [1.165, 1.54) is 5.39 Å². The van der Waals surface area contributed by atoms with Crippen molar-refractivity contribution in [3.8, 4) is 0 Å². The molecule has 3 rings (SSSR count). The van der Waals surface area contributed by atoms with Gasteiger partial charge in [-0.3, -0.25) is 0 Å². The first-order valence-corrected chi connectivity index (χ1v) is 6.39. The molecule has 0 saturated heterocycles. The predicted octanol–water partition coefficient (Wildman–Crippen LogP) is 2.09. The molecule has 0 atom stereocenters. The SMILES string of the molecule is CCc1nnc(Cn2ccc3ccc(CN)cc32)o1. The Morgan fingerprint density at radius 3 is 2.79 bits per heavy atom. The average Bonchev–Trinajstić information content (AvgIpc) is 3.06. The Hall–Kier alpha value is -2.14. The third kappa shape index (κ3) is 2.24. The van der Waals surface area contributed by atoms with Crippen molar-refractivity contribution in [1.29, 1.82) is 0 Å². The van der Waals surface area contributed by atoms with E-state index in [4.69, 9.17) is 10.2 Å². The van der Waals surface area contributed by atoms with Crippen LogP contribution >= 0.6 is 0 Å². The maximum Gasteiger partial charge on any atom is 0.236 e. The van der Waals surface area contributed by atoms with E-state index in [1.807, 2.05) is 13.1 Å². The summed E-state index contributed by atoms with van der Waals surface area (Å²) in [6.45, 7) is 3.13. The Morgan fingerprint density at radius 1 is 1.21 bits per heavy atom. The van der Waals surface area contributed by atoms with Crippen LogP contribution in [0.25, 0.3) is 10.9 Å². The van der Waals surface area contributed by atoms with Crippen molar-refractivity contribution in [2.24, 2.45) is 5.73 Å². The molecule has 0 spiro atoms. The smallest absolute Gasteiger partial charge is 0.236 e. The summed E-state index contributed by atoms with van der Waals surface area (Å²) in [4.78, 5) is 0. The van der Waals surface area contributed by atoms with Crippen LogP contribution < -0.4 is 5.73 Å². The number of hydrogen-bond acceptors (Lipinski definition) is 4. The molecule has 0 unspecified atom stereocenters. The molecule has 0 amide bonds. The molecule has 0 aliphatic heterocycles. The maximum absolute atomic E-state index is 5.68. The van der Waals surface area contributed by atoms with Gasteiger partial charge in [0.05, 0.1) is 0 Å². The minimum absolute atomic E-state index is 0.543. The van der Waals surface area contributed by atoms with Crippen LogP contribution in [0.1, 0.15) is 24.3 Å². The normalized spacial score (nSPS) is 11.3. The second-order valence-corrected chi connectivity index (χ2v) is 4.48. The van der Waals surface area contributed by atoms with Crippen molar-refractivity contribution in [2.75, 3.05) is 0 Å². The van der Waals surface area contributed by atoms with Crippen LogP contribution in [-0.4, -0.2) is 14.8 Å². The Bertz CT molecular complexity index is 698. The first-order chi connectivity index (χ1) is 9.30. The number of fused-ring (bicyclic) bond motifs is 1. The molecule has 0 radical (unpaired) electrons. The number of rotatable bonds is 4. The number of benzene rings is 1. The third-order valence-electron chi connectivity index (χ3n) is 3.19. The van der Waals surface area contributed by atoms with Crippen LogP contribution in [-0.2, 0) is 19.5 Å². The van der Waals surface area contributed by atoms with Gasteiger partial charge in [-0.25, -0.2) is 0 Å². The highest BCUT2D eigenvalue weighted by Gasteiger charge is 2.07. The van der Waals surface area contributed by atoms with Gasteiger partial charge >= 0.3 is 0 Å². The van der Waals surface area contributed by atoms with Crippen LogP contribution in [0.4, 0.5) is 0 Å². The second-order valence-electron chi connectivity index (χ2n) is 4.48. The molecule has 5 heteroatoms. The van der Waals surface area contributed by atoms with E-state index in [2.05, 4.69) is 39.0 Å². The Kier molecular flexibility index (Phi) is 3.05. The van der Waals surface area contributed by atoms with Gasteiger partial charge in [0.25, 0.3) is 0 Å². The summed E-state index contributed by atoms with van der Waals surface area (Å²) in [5.41, 5.74) is 7.94. The minimum atomic E-state index is 0.543. The van der Waals surface area contributed by atoms with Crippen molar-refractivity contribution in [2.45, 2.75) is 26.4 Å². The van der Waals surface area contributed by atoms with E-state index >= 15 is 0 Å². The van der Waals surface area contributed by atoms with E-state index in [0.29, 0.717) is 24.9 Å². The van der Waals surface area contributed by atoms with Crippen molar-refractivity contribution in [1.82, 2.24) is 14.8 Å². The van der Waals surface area contributed by atoms with Gasteiger partial charge in [0, 0.05) is 24.7 Å². The largest absolute Gasteiger partial charge is 0.423 e. The molecule has 0 bridgehead atoms. The van der Waals surface area contributed by atoms with E-state index in [1.54, 1.807) is 0 Å². The van der Waals surface area contributed by atoms with E-state index in [-0.39, 0.29) is 0 Å². The van der Waals surface area contributed by atoms with Crippen LogP contribution in [0.5, 0.6) is 0 Å². The van der Waals surface area contributed by atoms with Crippen LogP contribution in [0.3, 0.4) is 0 Å². The first kappa shape index (κ1) is 11.9. The Balaban J connectivity index is 1.95. The fourth-order valence-electron chi connectivity index (χ4n) is 2.14. The molecule has 5 nitrogen and oxygen atoms in total. The van der Waals surface area contributed by atoms with Gasteiger partial charge < -0.3 is 14.7 Å². The zero-order chi connectivity index (χ0) is 13.2. The van der Waals surface area contributed by atoms with Crippen molar-refractivity contribution in [3.63, 3.8) is 0 Å². The topological polar surface area (TPSA) is 69.9 Å². The molecule has 19 heavy (non-hydrogen) atoms. The molecule has 0 aliphatic carbocycles. The molecule has 0 aliphatic rings. The van der Waals surface area contributed by atoms with Crippen molar-refractivity contribution in [3.05, 3.63) is 47.8 Å². The van der Waals surface area contributed by atoms with Gasteiger partial charge in [0.2, 0.25) is 11.8 Å². The molecule has 2 N–H and O–H groups in total. The molecular formula is C14H16N4O. The monoisotopic (exact) mass is 256 g/mol. The summed E-state index contributed by atoms with van der Waals surface area (Å²) in [5, 5.41) is 9.22. The van der Waals surface area contributed by atoms with Gasteiger partial charge in [-0.05, 0) is 23.1 Å². The molecule has 0 saturated carbocycles. The number of nitrogens with two attached hydrogens (primary N) is 1. The van der Waals surface area contributed by atoms with Gasteiger partial charge in [-0.1, -0.05) is 19.1 Å². The second kappa shape index (κ2) is 4.85. The molecule has 0 fully saturated rings. The van der Waals surface area contributed by atoms with Crippen LogP contribution in [0, 0.1) is 0 Å². The number of hydrogen-bond donors (Lipinski definition) is 1. The zero-order valence-electron chi connectivity index (χ0n) is 10.8. The molecule has 3 aromatic rings. The maximum atomic E-state index is 5.68. The first-order valence-electron chi connectivity index (χ1n) is 6.39. The average molecular weight is 256 g/mol. The lowest BCUT2D eigenvalue weighted by molar-refractivity contribution is 0.444. The van der Waals surface area contributed by atoms with Gasteiger partial charge in [0.15, 0.2) is 0 Å². The molecule has 2 aromatic heterocycles. The fourth-order valence-corrected chi connectivity index (χ4v) is 2.14. The number of aromatic nitrogens is 3. The van der Waals surface area contributed by atoms with E-state index < -0.39 is 0 Å². The highest BCUT2D eigenvalue weighted by Crippen LogP contribution is 2.18. The number of aryl methyl sites for hydroxylation is 1. The Labute approximate surface area is 111 Å². The van der Waals surface area contributed by atoms with Gasteiger partial charge in [0.1, 0.15) is 6.54 Å². The standard InChI is InChI=1S/C14H16N4O/c1-2-13-16-17-14(19-13)9-18-6-5-11-4-3-10(8-15)7-12(11)18/h3-7H,2,8-9,15H2,1H3. The fraction of sp³-hybridized carbons (Fsp3) is 0.286. The van der Waals surface area contributed by atoms with E-state index in [9.17, 15) is 0 Å². The molecule has 98 valence electrons. The predicted molar refractivity (Wildman–Crippen MR) is 72.6 cm³/mol. The highest BCUT2D eigenvalue weighted by atomic mass is 16.4. The lowest BCUT2D eigenvalue weighted by Gasteiger charge is -2.03. The summed E-state index contributed by atoms with van der Waals surface area (Å²) in [7, 11) is 0. The van der Waals surface area contributed by atoms with Crippen LogP contribution in [0.2, 0.25) is 0 Å². The zero-order valence-corrected chi connectivity index (χ0v) is 10.8. The van der Waals surface area contributed by atoms with Crippen molar-refractivity contribution >= 4 is 10.9 Å². The van der Waals surface area contributed by atoms with E-state index in [0.717, 1.165) is 17.5 Å². The summed E-state index contributed by atoms with van der Waals surface area (Å²) >= 11 is 0. The third-order valence-corrected chi connectivity index (χ3v) is 3.19. The summed E-state index contributed by atoms with van der Waals surface area (Å²) in [6.07, 6.45) is 2.79. The van der Waals surface area contributed by atoms with Gasteiger partial charge in [-0.2, -0.15) is 0 Å². The minimum Gasteiger partial charge on any atom is -0.423 e. The summed E-state index contributed by atoms with van der Waals surface area (Å²) in [6, 6.07) is 8.31. The Morgan fingerprint density at radius 2 is 2.05 bits per heavy atom. The lowest BCUT2D eigenvalue weighted by atomic mass is 10.1. The highest BCUT2D eigenvalue weighted by molar-refractivity contribution is 5.80. The quantitative estimate of drug-likeness (QED) is 0.776. The summed E-state index contributed by atoms with van der Waals surface area (Å²) < 4.78 is 7.64. The molecule has 2 heterocycles. The number of nitrogens with zero attached hydrogens (tertiary/aromatic N) is 3. The molecular weight excluding hydrogens is 240 g/mol. The van der Waals surface area contributed by atoms with Gasteiger partial charge in [-0.15, -0.1) is 10.2 Å². The summed E-state index contributed by atoms with van der Waals surface area (Å²) in [5.74, 6) is 1.31. The molecule has 1 aromatic carbocycles. The van der Waals surface area contributed by atoms with Crippen LogP contribution in [0.15, 0.2) is 34.9 Å². The van der Waals surface area contributed by atoms with Crippen molar-refractivity contribution < 1.29 is 4.42 Å².